The fourth-order valence-corrected chi connectivity index (χ4v) is 0. The van der Waals surface area contributed by atoms with Crippen LogP contribution in [0.25, 0.3) is 0 Å². The van der Waals surface area contributed by atoms with Gasteiger partial charge in [-0.25, -0.2) is 4.79 Å². The zero-order valence-corrected chi connectivity index (χ0v) is 2.19. The average molecular weight is 52.8 g/mol. The van der Waals surface area contributed by atoms with Crippen molar-refractivity contribution in [2.75, 3.05) is 0 Å². The predicted octanol–water partition coefficient (Wildman–Crippen LogP) is -0.377. The lowest BCUT2D eigenvalue weighted by molar-refractivity contribution is 0.569. The smallest absolute Gasteiger partial charge is 0.116 e. The van der Waals surface area contributed by atoms with Crippen LogP contribution >= 0.6 is 0 Å². The first-order valence-corrected chi connectivity index (χ1v) is 0.558. The quantitative estimate of drug-likeness (QED) is 0.271. The molecule has 0 aromatic rings. The van der Waals surface area contributed by atoms with Crippen molar-refractivity contribution in [1.29, 1.82) is 0 Å². The van der Waals surface area contributed by atoms with E-state index >= 15 is 0 Å². The van der Waals surface area contributed by atoms with Crippen LogP contribution in [0.3, 0.4) is 0 Å². The molecular formula is C2H2BO. The molecule has 0 N–H and O–H groups in total. The van der Waals surface area contributed by atoms with Gasteiger partial charge in [0.15, 0.2) is 0 Å². The summed E-state index contributed by atoms with van der Waals surface area (Å²) < 4.78 is 0. The number of hydrogen-bond acceptors (Lipinski definition) is 1. The van der Waals surface area contributed by atoms with Gasteiger partial charge in [0.05, 0.1) is 0 Å². The van der Waals surface area contributed by atoms with Crippen LogP contribution in [0, 0.1) is 0 Å². The molecule has 0 unspecified atom stereocenters. The maximum atomic E-state index is 8.57. The van der Waals surface area contributed by atoms with Crippen LogP contribution in [0.5, 0.6) is 0 Å². The highest BCUT2D eigenvalue weighted by Gasteiger charge is 1.01. The minimum absolute atomic E-state index is 0. The fraction of sp³-hybridized carbons (Fsp3) is 0. The molecule has 0 heterocycles. The van der Waals surface area contributed by atoms with Gasteiger partial charge in [0.25, 0.3) is 0 Å². The van der Waals surface area contributed by atoms with Crippen LogP contribution in [-0.2, 0) is 4.79 Å². The second-order valence-corrected chi connectivity index (χ2v) is 0.144. The molecule has 4 heavy (non-hydrogen) atoms. The first-order valence-electron chi connectivity index (χ1n) is 0.558. The van der Waals surface area contributed by atoms with Gasteiger partial charge in [-0.3, -0.25) is 0 Å². The predicted molar refractivity (Wildman–Crippen MR) is 17.1 cm³/mol. The van der Waals surface area contributed by atoms with Crippen LogP contribution in [0.4, 0.5) is 0 Å². The molecule has 0 fully saturated rings. The van der Waals surface area contributed by atoms with Gasteiger partial charge >= 0.3 is 0 Å². The Hall–Kier alpha value is -0.485. The van der Waals surface area contributed by atoms with E-state index < -0.39 is 0 Å². The lowest BCUT2D eigenvalue weighted by Gasteiger charge is -1.02. The highest BCUT2D eigenvalue weighted by molar-refractivity contribution is 5.75. The molecule has 0 aliphatic carbocycles. The summed E-state index contributed by atoms with van der Waals surface area (Å²) in [7, 11) is 0. The Labute approximate surface area is 26.9 Å². The van der Waals surface area contributed by atoms with Crippen molar-refractivity contribution in [2.24, 2.45) is 0 Å². The maximum absolute atomic E-state index is 8.57. The summed E-state index contributed by atoms with van der Waals surface area (Å²) >= 11 is 0. The molecule has 1 nitrogen and oxygen atoms in total. The Kier molecular flexibility index (Phi) is 52.7. The summed E-state index contributed by atoms with van der Waals surface area (Å²) in [5.74, 6) is 1.25. The number of carbonyl (C=O) groups excluding carboxylic acids is 1. The molecule has 0 aliphatic heterocycles. The van der Waals surface area contributed by atoms with Gasteiger partial charge in [-0.1, -0.05) is 0 Å². The molecule has 0 spiro atoms. The van der Waals surface area contributed by atoms with Crippen LogP contribution in [0.15, 0.2) is 6.58 Å². The van der Waals surface area contributed by atoms with E-state index in [9.17, 15) is 0 Å². The molecule has 0 saturated carbocycles. The monoisotopic (exact) mass is 53.0 g/mol. The summed E-state index contributed by atoms with van der Waals surface area (Å²) in [4.78, 5) is 8.57. The Bertz CT molecular complexity index is 27.0. The zero-order valence-electron chi connectivity index (χ0n) is 2.19. The average Bonchev–Trinajstić information content (AvgIpc) is 0.918. The van der Waals surface area contributed by atoms with Gasteiger partial charge in [0, 0.05) is 8.41 Å². The van der Waals surface area contributed by atoms with Crippen LogP contribution in [0.2, 0.25) is 0 Å². The first-order chi connectivity index (χ1) is 1.41. The van der Waals surface area contributed by atoms with Crippen molar-refractivity contribution >= 4 is 14.4 Å². The van der Waals surface area contributed by atoms with E-state index in [0.29, 0.717) is 0 Å². The largest absolute Gasteiger partial charge is 0.234 e. The lowest BCUT2D eigenvalue weighted by atomic mass is 10.8. The third kappa shape index (κ3) is 1.71. The van der Waals surface area contributed by atoms with Gasteiger partial charge in [0.2, 0.25) is 0 Å². The van der Waals surface area contributed by atoms with E-state index in [-0.39, 0.29) is 8.41 Å². The van der Waals surface area contributed by atoms with Gasteiger partial charge in [-0.2, -0.15) is 0 Å². The Morgan fingerprint density at radius 2 is 1.75 bits per heavy atom. The summed E-state index contributed by atoms with van der Waals surface area (Å²) in [5, 5.41) is 0. The standard InChI is InChI=1S/C2H2O.B/c1-2-3;/h1H2;. The van der Waals surface area contributed by atoms with Crippen molar-refractivity contribution in [1.82, 2.24) is 0 Å². The van der Waals surface area contributed by atoms with E-state index in [0.717, 1.165) is 0 Å². The van der Waals surface area contributed by atoms with Crippen molar-refractivity contribution in [3.8, 4) is 0 Å². The second-order valence-electron chi connectivity index (χ2n) is 0.144. The van der Waals surface area contributed by atoms with E-state index in [1.54, 1.807) is 0 Å². The lowest BCUT2D eigenvalue weighted by Crippen LogP contribution is -1.15. The first kappa shape index (κ1) is 9.69. The highest BCUT2D eigenvalue weighted by Crippen LogP contribution is 0.894. The minimum atomic E-state index is 0. The van der Waals surface area contributed by atoms with Gasteiger partial charge < -0.3 is 0 Å². The highest BCUT2D eigenvalue weighted by atomic mass is 16.1. The minimum Gasteiger partial charge on any atom is -0.234 e. The molecule has 0 rings (SSSR count). The Balaban J connectivity index is 0. The van der Waals surface area contributed by atoms with Crippen molar-refractivity contribution in [3.63, 3.8) is 0 Å². The van der Waals surface area contributed by atoms with E-state index in [1.807, 2.05) is 0 Å². The van der Waals surface area contributed by atoms with Crippen LogP contribution in [-0.4, -0.2) is 14.4 Å². The third-order valence-corrected chi connectivity index (χ3v) is 0. The molecule has 0 aromatic heterocycles. The number of rotatable bonds is 0. The van der Waals surface area contributed by atoms with E-state index in [1.165, 1.54) is 5.94 Å². The van der Waals surface area contributed by atoms with Crippen molar-refractivity contribution < 1.29 is 4.79 Å². The Morgan fingerprint density at radius 1 is 1.75 bits per heavy atom. The second kappa shape index (κ2) is 21.8. The molecule has 19 valence electrons. The van der Waals surface area contributed by atoms with Crippen molar-refractivity contribution in [2.45, 2.75) is 0 Å². The topological polar surface area (TPSA) is 17.1 Å². The number of hydrogen-bond donors (Lipinski definition) is 0. The van der Waals surface area contributed by atoms with Gasteiger partial charge in [-0.15, -0.1) is 0 Å². The van der Waals surface area contributed by atoms with Crippen molar-refractivity contribution in [3.05, 3.63) is 6.58 Å². The summed E-state index contributed by atoms with van der Waals surface area (Å²) in [6.07, 6.45) is 0. The molecule has 0 saturated heterocycles. The summed E-state index contributed by atoms with van der Waals surface area (Å²) in [5.41, 5.74) is 0. The van der Waals surface area contributed by atoms with E-state index in [4.69, 9.17) is 4.79 Å². The molecular weight excluding hydrogens is 50.8 g/mol. The fourth-order valence-electron chi connectivity index (χ4n) is 0. The normalized spacial score (nSPS) is 2.00. The molecule has 0 amide bonds. The zero-order chi connectivity index (χ0) is 2.71. The Morgan fingerprint density at radius 3 is 1.75 bits per heavy atom. The molecule has 0 bridgehead atoms. The molecule has 0 aromatic carbocycles. The van der Waals surface area contributed by atoms with Gasteiger partial charge in [0.1, 0.15) is 5.94 Å². The maximum Gasteiger partial charge on any atom is 0.116 e. The molecule has 2 heteroatoms. The third-order valence-electron chi connectivity index (χ3n) is 0. The molecule has 3 radical (unpaired) electrons. The van der Waals surface area contributed by atoms with Gasteiger partial charge in [-0.05, 0) is 6.58 Å². The molecule has 0 atom stereocenters. The van der Waals surface area contributed by atoms with E-state index in [2.05, 4.69) is 6.58 Å². The van der Waals surface area contributed by atoms with Crippen LogP contribution < -0.4 is 0 Å². The SMILES string of the molecule is C=C=O.[B]. The summed E-state index contributed by atoms with van der Waals surface area (Å²) in [6, 6.07) is 0. The summed E-state index contributed by atoms with van der Waals surface area (Å²) in [6.45, 7) is 2.68. The van der Waals surface area contributed by atoms with Crippen LogP contribution in [0.1, 0.15) is 0 Å². The molecule has 0 aliphatic rings.